The average Bonchev–Trinajstić information content (AvgIpc) is 3.09. The number of imidazole rings is 1. The third-order valence-electron chi connectivity index (χ3n) is 4.65. The number of aryl methyl sites for hydroxylation is 1. The van der Waals surface area contributed by atoms with Crippen LogP contribution in [0.2, 0.25) is 0 Å². The van der Waals surface area contributed by atoms with Crippen LogP contribution in [0.1, 0.15) is 30.1 Å². The predicted molar refractivity (Wildman–Crippen MR) is 93.5 cm³/mol. The maximum atomic E-state index is 4.67. The number of aromatic nitrogens is 6. The van der Waals surface area contributed by atoms with Gasteiger partial charge in [-0.15, -0.1) is 0 Å². The molecule has 0 aromatic carbocycles. The molecule has 3 aromatic rings. The monoisotopic (exact) mass is 335 g/mol. The van der Waals surface area contributed by atoms with Gasteiger partial charge in [-0.1, -0.05) is 0 Å². The molecule has 1 atom stereocenters. The summed E-state index contributed by atoms with van der Waals surface area (Å²) in [6.07, 6.45) is 14.8. The van der Waals surface area contributed by atoms with Gasteiger partial charge in [-0.25, -0.2) is 9.97 Å². The zero-order chi connectivity index (χ0) is 17.1. The number of hydrogen-bond acceptors (Lipinski definition) is 6. The third kappa shape index (κ3) is 3.41. The van der Waals surface area contributed by atoms with Crippen molar-refractivity contribution in [3.05, 3.63) is 54.8 Å². The smallest absolute Gasteiger partial charge is 0.160 e. The van der Waals surface area contributed by atoms with Crippen LogP contribution in [0.4, 0.5) is 0 Å². The number of likely N-dealkylation sites (tertiary alicyclic amines) is 1. The van der Waals surface area contributed by atoms with Crippen LogP contribution >= 0.6 is 0 Å². The van der Waals surface area contributed by atoms with Crippen molar-refractivity contribution in [1.82, 2.24) is 34.4 Å². The zero-order valence-electron chi connectivity index (χ0n) is 14.3. The summed E-state index contributed by atoms with van der Waals surface area (Å²) in [5, 5.41) is 0. The van der Waals surface area contributed by atoms with E-state index < -0.39 is 0 Å². The van der Waals surface area contributed by atoms with Gasteiger partial charge in [0.15, 0.2) is 5.82 Å². The fourth-order valence-corrected chi connectivity index (χ4v) is 3.48. The molecule has 1 saturated heterocycles. The van der Waals surface area contributed by atoms with Gasteiger partial charge in [0.05, 0.1) is 11.4 Å². The lowest BCUT2D eigenvalue weighted by molar-refractivity contribution is 0.196. The molecule has 1 fully saturated rings. The molecule has 4 rings (SSSR count). The molecule has 0 amide bonds. The molecule has 3 aromatic heterocycles. The van der Waals surface area contributed by atoms with Crippen LogP contribution in [0.5, 0.6) is 0 Å². The SMILES string of the molecule is Cn1ccnc1-c1nccnc1[C@@H]1CCCN(Cc2cnccn2)C1. The summed E-state index contributed by atoms with van der Waals surface area (Å²) in [4.78, 5) is 24.7. The van der Waals surface area contributed by atoms with Crippen molar-refractivity contribution in [2.45, 2.75) is 25.3 Å². The molecular weight excluding hydrogens is 314 g/mol. The summed E-state index contributed by atoms with van der Waals surface area (Å²) in [6.45, 7) is 2.85. The topological polar surface area (TPSA) is 72.6 Å². The van der Waals surface area contributed by atoms with Crippen molar-refractivity contribution in [2.24, 2.45) is 7.05 Å². The first-order chi connectivity index (χ1) is 12.3. The van der Waals surface area contributed by atoms with Crippen molar-refractivity contribution in [2.75, 3.05) is 13.1 Å². The van der Waals surface area contributed by atoms with Gasteiger partial charge in [0.2, 0.25) is 0 Å². The van der Waals surface area contributed by atoms with Crippen molar-refractivity contribution < 1.29 is 0 Å². The van der Waals surface area contributed by atoms with Crippen LogP contribution < -0.4 is 0 Å². The Morgan fingerprint density at radius 1 is 1.04 bits per heavy atom. The van der Waals surface area contributed by atoms with Crippen LogP contribution in [-0.4, -0.2) is 47.5 Å². The van der Waals surface area contributed by atoms with Crippen molar-refractivity contribution in [3.63, 3.8) is 0 Å². The largest absolute Gasteiger partial charge is 0.333 e. The molecule has 1 aliphatic heterocycles. The Kier molecular flexibility index (Phi) is 4.47. The molecule has 4 heterocycles. The Bertz CT molecular complexity index is 830. The highest BCUT2D eigenvalue weighted by Crippen LogP contribution is 2.31. The minimum absolute atomic E-state index is 0.353. The number of hydrogen-bond donors (Lipinski definition) is 0. The minimum Gasteiger partial charge on any atom is -0.333 e. The van der Waals surface area contributed by atoms with E-state index in [1.165, 1.54) is 0 Å². The maximum absolute atomic E-state index is 4.67. The second kappa shape index (κ2) is 7.06. The van der Waals surface area contributed by atoms with Crippen LogP contribution in [-0.2, 0) is 13.6 Å². The molecule has 128 valence electrons. The van der Waals surface area contributed by atoms with Crippen LogP contribution in [0.15, 0.2) is 43.4 Å². The summed E-state index contributed by atoms with van der Waals surface area (Å²) in [6, 6.07) is 0. The zero-order valence-corrected chi connectivity index (χ0v) is 14.3. The molecule has 0 unspecified atom stereocenters. The molecule has 7 nitrogen and oxygen atoms in total. The van der Waals surface area contributed by atoms with E-state index in [4.69, 9.17) is 0 Å². The lowest BCUT2D eigenvalue weighted by atomic mass is 9.93. The highest BCUT2D eigenvalue weighted by Gasteiger charge is 2.26. The molecule has 0 saturated carbocycles. The van der Waals surface area contributed by atoms with Gasteiger partial charge in [-0.3, -0.25) is 19.9 Å². The van der Waals surface area contributed by atoms with E-state index in [2.05, 4.69) is 29.8 Å². The van der Waals surface area contributed by atoms with Crippen LogP contribution in [0, 0.1) is 0 Å². The first-order valence-corrected chi connectivity index (χ1v) is 8.57. The summed E-state index contributed by atoms with van der Waals surface area (Å²) in [5.41, 5.74) is 2.94. The molecular formula is C18H21N7. The molecule has 0 bridgehead atoms. The molecule has 0 aliphatic carbocycles. The average molecular weight is 335 g/mol. The number of piperidine rings is 1. The fraction of sp³-hybridized carbons (Fsp3) is 0.389. The van der Waals surface area contributed by atoms with Gasteiger partial charge in [0.1, 0.15) is 5.69 Å². The van der Waals surface area contributed by atoms with E-state index in [0.717, 1.165) is 55.4 Å². The predicted octanol–water partition coefficient (Wildman–Crippen LogP) is 2.05. The summed E-state index contributed by atoms with van der Waals surface area (Å²) in [5.74, 6) is 1.22. The fourth-order valence-electron chi connectivity index (χ4n) is 3.48. The number of nitrogens with zero attached hydrogens (tertiary/aromatic N) is 7. The molecule has 25 heavy (non-hydrogen) atoms. The van der Waals surface area contributed by atoms with Gasteiger partial charge < -0.3 is 4.57 Å². The third-order valence-corrected chi connectivity index (χ3v) is 4.65. The maximum Gasteiger partial charge on any atom is 0.160 e. The first kappa shape index (κ1) is 15.8. The Morgan fingerprint density at radius 3 is 2.72 bits per heavy atom. The molecule has 0 radical (unpaired) electrons. The second-order valence-electron chi connectivity index (χ2n) is 6.42. The van der Waals surface area contributed by atoms with Gasteiger partial charge in [0.25, 0.3) is 0 Å². The van der Waals surface area contributed by atoms with E-state index >= 15 is 0 Å². The molecule has 0 N–H and O–H groups in total. The molecule has 7 heteroatoms. The number of rotatable bonds is 4. The Morgan fingerprint density at radius 2 is 1.92 bits per heavy atom. The quantitative estimate of drug-likeness (QED) is 0.726. The van der Waals surface area contributed by atoms with Crippen LogP contribution in [0.3, 0.4) is 0 Å². The van der Waals surface area contributed by atoms with Crippen molar-refractivity contribution in [1.29, 1.82) is 0 Å². The lowest BCUT2D eigenvalue weighted by Gasteiger charge is -2.32. The second-order valence-corrected chi connectivity index (χ2v) is 6.42. The highest BCUT2D eigenvalue weighted by molar-refractivity contribution is 5.54. The molecule has 0 spiro atoms. The van der Waals surface area contributed by atoms with E-state index in [0.29, 0.717) is 5.92 Å². The summed E-state index contributed by atoms with van der Waals surface area (Å²) < 4.78 is 1.99. The van der Waals surface area contributed by atoms with Gasteiger partial charge >= 0.3 is 0 Å². The Hall–Kier alpha value is -2.67. The Balaban J connectivity index is 1.57. The normalized spacial score (nSPS) is 18.4. The van der Waals surface area contributed by atoms with E-state index in [1.807, 2.05) is 24.0 Å². The summed E-state index contributed by atoms with van der Waals surface area (Å²) in [7, 11) is 1.99. The first-order valence-electron chi connectivity index (χ1n) is 8.57. The van der Waals surface area contributed by atoms with Gasteiger partial charge in [0, 0.05) is 69.4 Å². The van der Waals surface area contributed by atoms with Gasteiger partial charge in [-0.2, -0.15) is 0 Å². The lowest BCUT2D eigenvalue weighted by Crippen LogP contribution is -2.34. The Labute approximate surface area is 146 Å². The van der Waals surface area contributed by atoms with Crippen molar-refractivity contribution in [3.8, 4) is 11.5 Å². The standard InChI is InChI=1S/C18H21N7/c1-24-10-8-23-18(24)17-16(21-6-7-22-17)14-3-2-9-25(12-14)13-15-11-19-4-5-20-15/h4-8,10-11,14H,2-3,9,12-13H2,1H3/t14-/m1/s1. The minimum atomic E-state index is 0.353. The molecule has 1 aliphatic rings. The van der Waals surface area contributed by atoms with E-state index in [9.17, 15) is 0 Å². The van der Waals surface area contributed by atoms with Crippen molar-refractivity contribution >= 4 is 0 Å². The highest BCUT2D eigenvalue weighted by atomic mass is 15.1. The summed E-state index contributed by atoms with van der Waals surface area (Å²) >= 11 is 0. The van der Waals surface area contributed by atoms with Gasteiger partial charge in [-0.05, 0) is 19.4 Å². The van der Waals surface area contributed by atoms with Crippen LogP contribution in [0.25, 0.3) is 11.5 Å². The van der Waals surface area contributed by atoms with E-state index in [-0.39, 0.29) is 0 Å². The van der Waals surface area contributed by atoms with E-state index in [1.54, 1.807) is 31.0 Å².